The van der Waals surface area contributed by atoms with Crippen LogP contribution < -0.4 is 0 Å². The zero-order valence-electron chi connectivity index (χ0n) is 9.18. The van der Waals surface area contributed by atoms with Crippen LogP contribution in [-0.4, -0.2) is 18.9 Å². The van der Waals surface area contributed by atoms with Gasteiger partial charge in [0.05, 0.1) is 7.11 Å². The van der Waals surface area contributed by atoms with E-state index < -0.39 is 11.9 Å². The van der Waals surface area contributed by atoms with Gasteiger partial charge in [-0.25, -0.2) is 0 Å². The van der Waals surface area contributed by atoms with Crippen LogP contribution in [0, 0.1) is 5.92 Å². The highest BCUT2D eigenvalue weighted by atomic mass is 16.5. The van der Waals surface area contributed by atoms with Gasteiger partial charge >= 0.3 is 5.97 Å². The average molecular weight is 218 g/mol. The highest BCUT2D eigenvalue weighted by molar-refractivity contribution is 6.03. The summed E-state index contributed by atoms with van der Waals surface area (Å²) >= 11 is 0. The molecule has 0 N–H and O–H groups in total. The van der Waals surface area contributed by atoms with Crippen LogP contribution in [0.3, 0.4) is 0 Å². The molecule has 0 aliphatic heterocycles. The molecule has 2 unspecified atom stereocenters. The normalized spacial score (nSPS) is 24.4. The van der Waals surface area contributed by atoms with Gasteiger partial charge in [-0.05, 0) is 18.4 Å². The van der Waals surface area contributed by atoms with E-state index in [2.05, 4.69) is 4.74 Å². The second-order valence-electron chi connectivity index (χ2n) is 4.02. The molecule has 0 saturated heterocycles. The number of carbonyl (C=O) groups is 2. The molecule has 0 radical (unpaired) electrons. The van der Waals surface area contributed by atoms with Crippen LogP contribution in [0.25, 0.3) is 0 Å². The molecule has 84 valence electrons. The molecule has 1 aliphatic carbocycles. The third kappa shape index (κ3) is 1.85. The molecule has 1 fully saturated rings. The van der Waals surface area contributed by atoms with Gasteiger partial charge in [0.2, 0.25) is 0 Å². The zero-order chi connectivity index (χ0) is 11.5. The van der Waals surface area contributed by atoms with Gasteiger partial charge in [0.1, 0.15) is 5.92 Å². The summed E-state index contributed by atoms with van der Waals surface area (Å²) in [5, 5.41) is 0. The van der Waals surface area contributed by atoms with Crippen molar-refractivity contribution >= 4 is 11.8 Å². The van der Waals surface area contributed by atoms with Gasteiger partial charge in [0.15, 0.2) is 5.78 Å². The number of hydrogen-bond acceptors (Lipinski definition) is 3. The molecule has 2 rings (SSSR count). The van der Waals surface area contributed by atoms with Crippen molar-refractivity contribution in [3.8, 4) is 0 Å². The maximum Gasteiger partial charge on any atom is 0.316 e. The third-order valence-corrected chi connectivity index (χ3v) is 3.12. The van der Waals surface area contributed by atoms with E-state index in [1.165, 1.54) is 7.11 Å². The number of esters is 1. The topological polar surface area (TPSA) is 43.4 Å². The van der Waals surface area contributed by atoms with Crippen LogP contribution in [0.2, 0.25) is 0 Å². The van der Waals surface area contributed by atoms with E-state index in [1.807, 2.05) is 30.3 Å². The Morgan fingerprint density at radius 2 is 1.94 bits per heavy atom. The van der Waals surface area contributed by atoms with E-state index in [1.54, 1.807) is 0 Å². The van der Waals surface area contributed by atoms with Crippen LogP contribution in [-0.2, 0) is 14.3 Å². The molecule has 1 saturated carbocycles. The summed E-state index contributed by atoms with van der Waals surface area (Å²) in [6, 6.07) is 9.60. The zero-order valence-corrected chi connectivity index (χ0v) is 9.18. The standard InChI is InChI=1S/C13H14O3/c1-16-13(15)11-8-7-10(12(11)14)9-5-3-2-4-6-9/h2-6,10-11H,7-8H2,1H3. The first-order valence-electron chi connectivity index (χ1n) is 5.40. The van der Waals surface area contributed by atoms with Gasteiger partial charge in [-0.3, -0.25) is 9.59 Å². The molecule has 0 heterocycles. The van der Waals surface area contributed by atoms with Gasteiger partial charge in [-0.2, -0.15) is 0 Å². The first kappa shape index (κ1) is 10.9. The molecule has 2 atom stereocenters. The quantitative estimate of drug-likeness (QED) is 0.562. The highest BCUT2D eigenvalue weighted by Crippen LogP contribution is 2.35. The Balaban J connectivity index is 2.17. The second-order valence-corrected chi connectivity index (χ2v) is 4.02. The Morgan fingerprint density at radius 3 is 2.56 bits per heavy atom. The van der Waals surface area contributed by atoms with Crippen LogP contribution >= 0.6 is 0 Å². The first-order valence-corrected chi connectivity index (χ1v) is 5.40. The van der Waals surface area contributed by atoms with Crippen molar-refractivity contribution in [1.29, 1.82) is 0 Å². The average Bonchev–Trinajstić information content (AvgIpc) is 2.71. The summed E-state index contributed by atoms with van der Waals surface area (Å²) in [6.07, 6.45) is 1.34. The summed E-state index contributed by atoms with van der Waals surface area (Å²) in [4.78, 5) is 23.4. The van der Waals surface area contributed by atoms with Crippen LogP contribution in [0.5, 0.6) is 0 Å². The van der Waals surface area contributed by atoms with Crippen LogP contribution in [0.1, 0.15) is 24.3 Å². The fraction of sp³-hybridized carbons (Fsp3) is 0.385. The van der Waals surface area contributed by atoms with Gasteiger partial charge in [0.25, 0.3) is 0 Å². The number of benzene rings is 1. The van der Waals surface area contributed by atoms with Gasteiger partial charge in [0, 0.05) is 5.92 Å². The van der Waals surface area contributed by atoms with E-state index in [0.29, 0.717) is 6.42 Å². The number of ether oxygens (including phenoxy) is 1. The lowest BCUT2D eigenvalue weighted by atomic mass is 9.95. The van der Waals surface area contributed by atoms with E-state index >= 15 is 0 Å². The molecule has 1 aromatic rings. The third-order valence-electron chi connectivity index (χ3n) is 3.12. The van der Waals surface area contributed by atoms with Crippen molar-refractivity contribution < 1.29 is 14.3 Å². The van der Waals surface area contributed by atoms with Gasteiger partial charge < -0.3 is 4.74 Å². The van der Waals surface area contributed by atoms with Crippen molar-refractivity contribution in [1.82, 2.24) is 0 Å². The molecular weight excluding hydrogens is 204 g/mol. The summed E-state index contributed by atoms with van der Waals surface area (Å²) in [5.74, 6) is -1.10. The van der Waals surface area contributed by atoms with Gasteiger partial charge in [-0.1, -0.05) is 30.3 Å². The number of rotatable bonds is 2. The predicted octanol–water partition coefficient (Wildman–Crippen LogP) is 1.92. The van der Waals surface area contributed by atoms with Crippen molar-refractivity contribution in [3.63, 3.8) is 0 Å². The first-order chi connectivity index (χ1) is 7.74. The minimum absolute atomic E-state index is 0.00181. The fourth-order valence-electron chi connectivity index (χ4n) is 2.25. The molecule has 0 bridgehead atoms. The van der Waals surface area contributed by atoms with E-state index in [-0.39, 0.29) is 11.7 Å². The minimum Gasteiger partial charge on any atom is -0.468 e. The summed E-state index contributed by atoms with van der Waals surface area (Å²) in [5.41, 5.74) is 0.999. The summed E-state index contributed by atoms with van der Waals surface area (Å²) in [6.45, 7) is 0. The monoisotopic (exact) mass is 218 g/mol. The molecule has 0 amide bonds. The molecule has 1 aromatic carbocycles. The Kier molecular flexibility index (Phi) is 3.04. The fourth-order valence-corrected chi connectivity index (χ4v) is 2.25. The summed E-state index contributed by atoms with van der Waals surface area (Å²) < 4.78 is 4.63. The Hall–Kier alpha value is -1.64. The van der Waals surface area contributed by atoms with Crippen LogP contribution in [0.15, 0.2) is 30.3 Å². The lowest BCUT2D eigenvalue weighted by Crippen LogP contribution is -2.22. The molecule has 3 heteroatoms. The smallest absolute Gasteiger partial charge is 0.316 e. The highest BCUT2D eigenvalue weighted by Gasteiger charge is 2.39. The number of ketones is 1. The van der Waals surface area contributed by atoms with Crippen molar-refractivity contribution in [2.45, 2.75) is 18.8 Å². The van der Waals surface area contributed by atoms with Crippen molar-refractivity contribution in [3.05, 3.63) is 35.9 Å². The number of Topliss-reactive ketones (excluding diaryl/α,β-unsaturated/α-hetero) is 1. The van der Waals surface area contributed by atoms with E-state index in [4.69, 9.17) is 0 Å². The number of carbonyl (C=O) groups excluding carboxylic acids is 2. The maximum absolute atomic E-state index is 12.0. The molecular formula is C13H14O3. The Labute approximate surface area is 94.4 Å². The minimum atomic E-state index is -0.560. The molecule has 0 aromatic heterocycles. The number of hydrogen-bond donors (Lipinski definition) is 0. The number of methoxy groups -OCH3 is 1. The van der Waals surface area contributed by atoms with Crippen LogP contribution in [0.4, 0.5) is 0 Å². The Morgan fingerprint density at radius 1 is 1.25 bits per heavy atom. The van der Waals surface area contributed by atoms with Gasteiger partial charge in [-0.15, -0.1) is 0 Å². The van der Waals surface area contributed by atoms with E-state index in [9.17, 15) is 9.59 Å². The van der Waals surface area contributed by atoms with Crippen molar-refractivity contribution in [2.24, 2.45) is 5.92 Å². The molecule has 16 heavy (non-hydrogen) atoms. The largest absolute Gasteiger partial charge is 0.468 e. The Bertz CT molecular complexity index is 397. The lowest BCUT2D eigenvalue weighted by molar-refractivity contribution is -0.148. The maximum atomic E-state index is 12.0. The molecule has 0 spiro atoms. The molecule has 1 aliphatic rings. The molecule has 3 nitrogen and oxygen atoms in total. The summed E-state index contributed by atoms with van der Waals surface area (Å²) in [7, 11) is 1.32. The SMILES string of the molecule is COC(=O)C1CCC(c2ccccc2)C1=O. The lowest BCUT2D eigenvalue weighted by Gasteiger charge is -2.09. The van der Waals surface area contributed by atoms with Crippen molar-refractivity contribution in [2.75, 3.05) is 7.11 Å². The second kappa shape index (κ2) is 4.47. The predicted molar refractivity (Wildman–Crippen MR) is 58.9 cm³/mol. The van der Waals surface area contributed by atoms with E-state index in [0.717, 1.165) is 12.0 Å².